The summed E-state index contributed by atoms with van der Waals surface area (Å²) >= 11 is 0. The van der Waals surface area contributed by atoms with Gasteiger partial charge in [-0.1, -0.05) is 16.9 Å². The van der Waals surface area contributed by atoms with Crippen molar-refractivity contribution in [3.8, 4) is 0 Å². The zero-order chi connectivity index (χ0) is 12.0. The molecule has 0 saturated heterocycles. The van der Waals surface area contributed by atoms with Gasteiger partial charge in [-0.2, -0.15) is 0 Å². The number of rotatable bonds is 5. The van der Waals surface area contributed by atoms with Crippen LogP contribution in [0.2, 0.25) is 0 Å². The van der Waals surface area contributed by atoms with Crippen LogP contribution in [0.1, 0.15) is 20.3 Å². The molecule has 0 radical (unpaired) electrons. The first-order valence-corrected chi connectivity index (χ1v) is 7.16. The fourth-order valence-corrected chi connectivity index (χ4v) is 3.20. The highest BCUT2D eigenvalue weighted by molar-refractivity contribution is 8.77. The minimum atomic E-state index is -0.0950. The second-order valence-corrected chi connectivity index (χ2v) is 6.80. The van der Waals surface area contributed by atoms with Crippen LogP contribution in [0.4, 0.5) is 0 Å². The minimum Gasteiger partial charge on any atom is -0.359 e. The summed E-state index contributed by atoms with van der Waals surface area (Å²) in [6.45, 7) is 4.12. The molecule has 0 saturated carbocycles. The van der Waals surface area contributed by atoms with Crippen molar-refractivity contribution in [2.45, 2.75) is 30.0 Å². The number of aromatic nitrogens is 1. The molecular formula is C11H16N2OS2. The number of pyridine rings is 1. The Kier molecular flexibility index (Phi) is 5.15. The Hall–Kier alpha value is -0.680. The fourth-order valence-electron chi connectivity index (χ4n) is 1.06. The summed E-state index contributed by atoms with van der Waals surface area (Å²) in [6.07, 6.45) is 2.28. The van der Waals surface area contributed by atoms with Crippen molar-refractivity contribution < 1.29 is 4.79 Å². The van der Waals surface area contributed by atoms with Crippen LogP contribution < -0.4 is 5.32 Å². The average molecular weight is 256 g/mol. The zero-order valence-corrected chi connectivity index (χ0v) is 11.3. The number of nitrogens with zero attached hydrogens (tertiary/aromatic N) is 1. The van der Waals surface area contributed by atoms with Gasteiger partial charge < -0.3 is 5.32 Å². The van der Waals surface area contributed by atoms with Crippen molar-refractivity contribution in [2.24, 2.45) is 0 Å². The first kappa shape index (κ1) is 13.4. The molecule has 0 unspecified atom stereocenters. The van der Waals surface area contributed by atoms with Crippen molar-refractivity contribution in [3.63, 3.8) is 0 Å². The summed E-state index contributed by atoms with van der Waals surface area (Å²) in [6, 6.07) is 5.82. The lowest BCUT2D eigenvalue weighted by Crippen LogP contribution is -2.27. The van der Waals surface area contributed by atoms with Crippen molar-refractivity contribution in [3.05, 3.63) is 24.4 Å². The van der Waals surface area contributed by atoms with Crippen LogP contribution in [-0.4, -0.2) is 22.7 Å². The van der Waals surface area contributed by atoms with Gasteiger partial charge in [-0.3, -0.25) is 4.79 Å². The van der Waals surface area contributed by atoms with Crippen molar-refractivity contribution in [1.82, 2.24) is 10.3 Å². The third kappa shape index (κ3) is 4.90. The largest absolute Gasteiger partial charge is 0.359 e. The number of nitrogens with one attached hydrogen (secondary N) is 1. The maximum Gasteiger partial charge on any atom is 0.221 e. The lowest BCUT2D eigenvalue weighted by Gasteiger charge is -2.21. The number of amides is 1. The number of hydrogen-bond donors (Lipinski definition) is 1. The molecule has 1 amide bonds. The summed E-state index contributed by atoms with van der Waals surface area (Å²) in [5, 5.41) is 3.61. The topological polar surface area (TPSA) is 42.0 Å². The second-order valence-electron chi connectivity index (χ2n) is 3.94. The molecule has 0 spiro atoms. The molecule has 0 atom stereocenters. The molecule has 3 nitrogen and oxygen atoms in total. The van der Waals surface area contributed by atoms with Gasteiger partial charge >= 0.3 is 0 Å². The van der Waals surface area contributed by atoms with E-state index in [-0.39, 0.29) is 10.7 Å². The molecule has 0 aromatic carbocycles. The van der Waals surface area contributed by atoms with Gasteiger partial charge in [0, 0.05) is 24.4 Å². The van der Waals surface area contributed by atoms with Gasteiger partial charge in [-0.05, 0) is 36.8 Å². The Balaban J connectivity index is 2.44. The summed E-state index contributed by atoms with van der Waals surface area (Å²) in [7, 11) is 4.94. The number of hydrogen-bond acceptors (Lipinski definition) is 4. The molecule has 0 bridgehead atoms. The molecule has 88 valence electrons. The normalized spacial score (nSPS) is 11.2. The van der Waals surface area contributed by atoms with Gasteiger partial charge in [0.25, 0.3) is 0 Å². The monoisotopic (exact) mass is 256 g/mol. The van der Waals surface area contributed by atoms with Crippen molar-refractivity contribution in [2.75, 3.05) is 7.05 Å². The third-order valence-corrected chi connectivity index (χ3v) is 5.06. The molecule has 1 aromatic heterocycles. The van der Waals surface area contributed by atoms with E-state index in [0.717, 1.165) is 5.03 Å². The van der Waals surface area contributed by atoms with E-state index in [2.05, 4.69) is 24.1 Å². The molecule has 0 fully saturated rings. The van der Waals surface area contributed by atoms with Gasteiger partial charge in [0.2, 0.25) is 5.91 Å². The summed E-state index contributed by atoms with van der Waals surface area (Å²) in [4.78, 5) is 15.5. The third-order valence-electron chi connectivity index (χ3n) is 1.86. The molecule has 1 heterocycles. The first-order chi connectivity index (χ1) is 7.53. The van der Waals surface area contributed by atoms with E-state index >= 15 is 0 Å². The standard InChI is InChI=1S/C11H16N2OS2/c1-11(2,8-9(14)12-3)16-15-10-6-4-5-7-13-10/h4-7H,8H2,1-3H3,(H,12,14). The van der Waals surface area contributed by atoms with Crippen LogP contribution in [0.25, 0.3) is 0 Å². The summed E-state index contributed by atoms with van der Waals surface area (Å²) in [5.74, 6) is 0.0686. The van der Waals surface area contributed by atoms with E-state index in [1.54, 1.807) is 34.8 Å². The molecule has 16 heavy (non-hydrogen) atoms. The Morgan fingerprint density at radius 3 is 2.81 bits per heavy atom. The zero-order valence-electron chi connectivity index (χ0n) is 9.69. The van der Waals surface area contributed by atoms with E-state index in [9.17, 15) is 4.79 Å². The van der Waals surface area contributed by atoms with Gasteiger partial charge in [-0.15, -0.1) is 0 Å². The van der Waals surface area contributed by atoms with Crippen LogP contribution >= 0.6 is 21.6 Å². The Labute approximate surface area is 104 Å². The van der Waals surface area contributed by atoms with Crippen LogP contribution in [0.15, 0.2) is 29.4 Å². The van der Waals surface area contributed by atoms with E-state index in [1.165, 1.54) is 0 Å². The minimum absolute atomic E-state index is 0.0686. The molecule has 0 aliphatic heterocycles. The quantitative estimate of drug-likeness (QED) is 0.823. The molecule has 0 aliphatic rings. The summed E-state index contributed by atoms with van der Waals surface area (Å²) < 4.78 is -0.0950. The van der Waals surface area contributed by atoms with Gasteiger partial charge in [0.05, 0.1) is 0 Å². The highest BCUT2D eigenvalue weighted by Crippen LogP contribution is 2.41. The SMILES string of the molecule is CNC(=O)CC(C)(C)SSc1ccccn1. The number of carbonyl (C=O) groups is 1. The summed E-state index contributed by atoms with van der Waals surface area (Å²) in [5.41, 5.74) is 0. The average Bonchev–Trinajstić information content (AvgIpc) is 2.27. The van der Waals surface area contributed by atoms with Gasteiger partial charge in [0.15, 0.2) is 0 Å². The highest BCUT2D eigenvalue weighted by Gasteiger charge is 2.22. The van der Waals surface area contributed by atoms with Crippen LogP contribution in [0, 0.1) is 0 Å². The van der Waals surface area contributed by atoms with E-state index in [1.807, 2.05) is 18.2 Å². The van der Waals surface area contributed by atoms with Crippen LogP contribution in [0.5, 0.6) is 0 Å². The smallest absolute Gasteiger partial charge is 0.221 e. The molecule has 1 rings (SSSR count). The fraction of sp³-hybridized carbons (Fsp3) is 0.455. The predicted molar refractivity (Wildman–Crippen MR) is 70.4 cm³/mol. The molecular weight excluding hydrogens is 240 g/mol. The Morgan fingerprint density at radius 2 is 2.25 bits per heavy atom. The molecule has 5 heteroatoms. The maximum atomic E-state index is 11.3. The Bertz CT molecular complexity index is 341. The van der Waals surface area contributed by atoms with Crippen LogP contribution in [-0.2, 0) is 4.79 Å². The van der Waals surface area contributed by atoms with E-state index in [0.29, 0.717) is 6.42 Å². The van der Waals surface area contributed by atoms with Crippen LogP contribution in [0.3, 0.4) is 0 Å². The molecule has 1 aromatic rings. The van der Waals surface area contributed by atoms with Gasteiger partial charge in [0.1, 0.15) is 5.03 Å². The van der Waals surface area contributed by atoms with E-state index in [4.69, 9.17) is 0 Å². The lowest BCUT2D eigenvalue weighted by atomic mass is 10.1. The Morgan fingerprint density at radius 1 is 1.50 bits per heavy atom. The van der Waals surface area contributed by atoms with E-state index < -0.39 is 0 Å². The van der Waals surface area contributed by atoms with Crippen molar-refractivity contribution in [1.29, 1.82) is 0 Å². The predicted octanol–water partition coefficient (Wildman–Crippen LogP) is 2.74. The second kappa shape index (κ2) is 6.15. The molecule has 0 aliphatic carbocycles. The number of carbonyl (C=O) groups excluding carboxylic acids is 1. The highest BCUT2D eigenvalue weighted by atomic mass is 33.1. The molecule has 1 N–H and O–H groups in total. The maximum absolute atomic E-state index is 11.3. The van der Waals surface area contributed by atoms with Crippen molar-refractivity contribution >= 4 is 27.5 Å². The first-order valence-electron chi connectivity index (χ1n) is 5.01. The lowest BCUT2D eigenvalue weighted by molar-refractivity contribution is -0.120. The van der Waals surface area contributed by atoms with Gasteiger partial charge in [-0.25, -0.2) is 4.98 Å².